The van der Waals surface area contributed by atoms with Crippen molar-refractivity contribution in [1.82, 2.24) is 4.98 Å². The molecule has 0 aliphatic carbocycles. The molecule has 1 N–H and O–H groups in total. The minimum Gasteiger partial charge on any atom is -0.386 e. The van der Waals surface area contributed by atoms with Gasteiger partial charge < -0.3 is 5.32 Å². The molecule has 3 heteroatoms. The van der Waals surface area contributed by atoms with Crippen LogP contribution in [0.4, 0.5) is 5.69 Å². The number of rotatable bonds is 1. The minimum absolute atomic E-state index is 0.741. The minimum atomic E-state index is 0.741. The fourth-order valence-corrected chi connectivity index (χ4v) is 1.89. The Morgan fingerprint density at radius 3 is 2.53 bits per heavy atom. The van der Waals surface area contributed by atoms with Crippen LogP contribution in [0, 0.1) is 13.8 Å². The number of benzene rings is 1. The van der Waals surface area contributed by atoms with E-state index in [1.807, 2.05) is 7.05 Å². The van der Waals surface area contributed by atoms with Crippen LogP contribution in [-0.4, -0.2) is 12.0 Å². The first-order chi connectivity index (χ1) is 7.13. The molecule has 2 nitrogen and oxygen atoms in total. The van der Waals surface area contributed by atoms with Gasteiger partial charge in [0, 0.05) is 12.4 Å². The van der Waals surface area contributed by atoms with Gasteiger partial charge in [0.05, 0.1) is 22.4 Å². The van der Waals surface area contributed by atoms with Crippen LogP contribution in [0.25, 0.3) is 10.9 Å². The average Bonchev–Trinajstić information content (AvgIpc) is 2.22. The van der Waals surface area contributed by atoms with Crippen LogP contribution >= 0.6 is 11.6 Å². The number of aromatic nitrogens is 1. The van der Waals surface area contributed by atoms with Crippen LogP contribution in [0.3, 0.4) is 0 Å². The molecule has 0 aliphatic rings. The monoisotopic (exact) mass is 220 g/mol. The topological polar surface area (TPSA) is 24.9 Å². The van der Waals surface area contributed by atoms with Crippen molar-refractivity contribution < 1.29 is 0 Å². The Morgan fingerprint density at radius 1 is 1.20 bits per heavy atom. The van der Waals surface area contributed by atoms with E-state index in [4.69, 9.17) is 11.6 Å². The summed E-state index contributed by atoms with van der Waals surface area (Å²) in [6.07, 6.45) is 1.76. The van der Waals surface area contributed by atoms with Crippen molar-refractivity contribution >= 4 is 28.2 Å². The summed E-state index contributed by atoms with van der Waals surface area (Å²) in [5.41, 5.74) is 4.29. The molecule has 0 aliphatic heterocycles. The third-order valence-electron chi connectivity index (χ3n) is 2.69. The zero-order valence-electron chi connectivity index (χ0n) is 9.06. The largest absolute Gasteiger partial charge is 0.386 e. The lowest BCUT2D eigenvalue weighted by atomic mass is 10.1. The van der Waals surface area contributed by atoms with E-state index < -0.39 is 0 Å². The van der Waals surface area contributed by atoms with Crippen molar-refractivity contribution in [2.75, 3.05) is 12.4 Å². The summed E-state index contributed by atoms with van der Waals surface area (Å²) in [7, 11) is 1.84. The molecular formula is C12H13ClN2. The number of nitrogens with zero attached hydrogens (tertiary/aromatic N) is 1. The van der Waals surface area contributed by atoms with Gasteiger partial charge >= 0.3 is 0 Å². The predicted molar refractivity (Wildman–Crippen MR) is 65.8 cm³/mol. The van der Waals surface area contributed by atoms with Crippen LogP contribution in [0.15, 0.2) is 18.3 Å². The average molecular weight is 221 g/mol. The number of pyridine rings is 1. The van der Waals surface area contributed by atoms with E-state index >= 15 is 0 Å². The Kier molecular flexibility index (Phi) is 2.53. The van der Waals surface area contributed by atoms with Crippen LogP contribution in [-0.2, 0) is 0 Å². The van der Waals surface area contributed by atoms with Crippen molar-refractivity contribution in [3.05, 3.63) is 34.5 Å². The highest BCUT2D eigenvalue weighted by atomic mass is 35.5. The molecule has 1 heterocycles. The molecule has 0 unspecified atom stereocenters. The van der Waals surface area contributed by atoms with Gasteiger partial charge in [0.25, 0.3) is 0 Å². The predicted octanol–water partition coefficient (Wildman–Crippen LogP) is 3.55. The van der Waals surface area contributed by atoms with E-state index in [1.165, 1.54) is 11.1 Å². The molecule has 1 aromatic heterocycles. The van der Waals surface area contributed by atoms with Gasteiger partial charge in [-0.25, -0.2) is 0 Å². The van der Waals surface area contributed by atoms with Crippen molar-refractivity contribution in [2.24, 2.45) is 0 Å². The molecule has 0 fully saturated rings. The van der Waals surface area contributed by atoms with Gasteiger partial charge in [0.2, 0.25) is 0 Å². The summed E-state index contributed by atoms with van der Waals surface area (Å²) in [6.45, 7) is 4.16. The number of fused-ring (bicyclic) bond motifs is 1. The Balaban J connectivity index is 2.81. The second-order valence-corrected chi connectivity index (χ2v) is 4.07. The van der Waals surface area contributed by atoms with Gasteiger partial charge in [-0.05, 0) is 37.1 Å². The molecule has 2 rings (SSSR count). The van der Waals surface area contributed by atoms with Crippen LogP contribution in [0.5, 0.6) is 0 Å². The smallest absolute Gasteiger partial charge is 0.0747 e. The summed E-state index contributed by atoms with van der Waals surface area (Å²) in [5, 5.41) is 4.77. The molecule has 1 aromatic carbocycles. The number of halogens is 1. The summed E-state index contributed by atoms with van der Waals surface area (Å²) in [6, 6.07) is 4.15. The first-order valence-electron chi connectivity index (χ1n) is 4.86. The molecule has 0 atom stereocenters. The number of hydrogen-bond acceptors (Lipinski definition) is 2. The zero-order chi connectivity index (χ0) is 11.0. The lowest BCUT2D eigenvalue weighted by molar-refractivity contribution is 1.32. The van der Waals surface area contributed by atoms with Crippen molar-refractivity contribution in [1.29, 1.82) is 0 Å². The maximum Gasteiger partial charge on any atom is 0.0747 e. The van der Waals surface area contributed by atoms with Crippen molar-refractivity contribution in [3.8, 4) is 0 Å². The van der Waals surface area contributed by atoms with Crippen molar-refractivity contribution in [2.45, 2.75) is 13.8 Å². The van der Waals surface area contributed by atoms with Crippen LogP contribution in [0.1, 0.15) is 11.1 Å². The number of nitrogens with one attached hydrogen (secondary N) is 1. The molecule has 0 amide bonds. The maximum atomic E-state index is 6.26. The number of hydrogen-bond donors (Lipinski definition) is 1. The lowest BCUT2D eigenvalue weighted by Crippen LogP contribution is -1.93. The third-order valence-corrected chi connectivity index (χ3v) is 3.09. The Hall–Kier alpha value is -1.28. The third kappa shape index (κ3) is 1.65. The van der Waals surface area contributed by atoms with Gasteiger partial charge in [0.1, 0.15) is 0 Å². The molecular weight excluding hydrogens is 208 g/mol. The lowest BCUT2D eigenvalue weighted by Gasteiger charge is -2.08. The summed E-state index contributed by atoms with van der Waals surface area (Å²) < 4.78 is 0. The van der Waals surface area contributed by atoms with Gasteiger partial charge in [-0.1, -0.05) is 11.6 Å². The van der Waals surface area contributed by atoms with E-state index in [0.29, 0.717) is 0 Å². The molecule has 15 heavy (non-hydrogen) atoms. The van der Waals surface area contributed by atoms with E-state index in [0.717, 1.165) is 21.6 Å². The summed E-state index contributed by atoms with van der Waals surface area (Å²) in [4.78, 5) is 4.37. The normalized spacial score (nSPS) is 10.7. The first-order valence-corrected chi connectivity index (χ1v) is 5.24. The Bertz CT molecular complexity index is 521. The highest BCUT2D eigenvalue weighted by Gasteiger charge is 2.06. The number of aryl methyl sites for hydroxylation is 2. The summed E-state index contributed by atoms with van der Waals surface area (Å²) in [5.74, 6) is 0. The van der Waals surface area contributed by atoms with Crippen molar-refractivity contribution in [3.63, 3.8) is 0 Å². The fourth-order valence-electron chi connectivity index (χ4n) is 1.59. The van der Waals surface area contributed by atoms with Gasteiger partial charge in [-0.2, -0.15) is 0 Å². The second kappa shape index (κ2) is 3.70. The molecule has 2 aromatic rings. The second-order valence-electron chi connectivity index (χ2n) is 3.69. The maximum absolute atomic E-state index is 6.26. The molecule has 78 valence electrons. The van der Waals surface area contributed by atoms with Gasteiger partial charge in [-0.3, -0.25) is 4.98 Å². The molecule has 0 saturated heterocycles. The van der Waals surface area contributed by atoms with Gasteiger partial charge in [0.15, 0.2) is 0 Å². The molecule has 0 spiro atoms. The van der Waals surface area contributed by atoms with Crippen LogP contribution in [0.2, 0.25) is 5.02 Å². The first kappa shape index (κ1) is 10.2. The summed E-state index contributed by atoms with van der Waals surface area (Å²) >= 11 is 6.26. The Morgan fingerprint density at radius 2 is 1.87 bits per heavy atom. The quantitative estimate of drug-likeness (QED) is 0.795. The standard InChI is InChI=1S/C12H13ClN2/c1-7-4-9-10(5-8(7)2)15-6-11(14-3)12(9)13/h4-6,14H,1-3H3. The van der Waals surface area contributed by atoms with E-state index in [9.17, 15) is 0 Å². The molecule has 0 bridgehead atoms. The zero-order valence-corrected chi connectivity index (χ0v) is 9.81. The Labute approximate surface area is 94.3 Å². The number of anilines is 1. The molecule has 0 radical (unpaired) electrons. The highest BCUT2D eigenvalue weighted by Crippen LogP contribution is 2.30. The van der Waals surface area contributed by atoms with Crippen LogP contribution < -0.4 is 5.32 Å². The van der Waals surface area contributed by atoms with Gasteiger partial charge in [-0.15, -0.1) is 0 Å². The molecule has 0 saturated carbocycles. The fraction of sp³-hybridized carbons (Fsp3) is 0.250. The van der Waals surface area contributed by atoms with E-state index in [-0.39, 0.29) is 0 Å². The SMILES string of the molecule is CNc1cnc2cc(C)c(C)cc2c1Cl. The van der Waals surface area contributed by atoms with E-state index in [1.54, 1.807) is 6.20 Å². The van der Waals surface area contributed by atoms with E-state index in [2.05, 4.69) is 36.3 Å². The highest BCUT2D eigenvalue weighted by molar-refractivity contribution is 6.38.